The third-order valence-corrected chi connectivity index (χ3v) is 2.29. The van der Waals surface area contributed by atoms with Crippen molar-refractivity contribution in [2.45, 2.75) is 6.92 Å². The van der Waals surface area contributed by atoms with E-state index in [0.29, 0.717) is 5.69 Å². The first-order valence-electron chi connectivity index (χ1n) is 4.59. The van der Waals surface area contributed by atoms with Crippen molar-refractivity contribution in [1.82, 2.24) is 4.98 Å². The summed E-state index contributed by atoms with van der Waals surface area (Å²) in [5.74, 6) is 1.70. The molecule has 0 N–H and O–H groups in total. The maximum absolute atomic E-state index is 11.3. The van der Waals surface area contributed by atoms with Crippen LogP contribution in [-0.2, 0) is 0 Å². The Kier molecular flexibility index (Phi) is 2.23. The van der Waals surface area contributed by atoms with Gasteiger partial charge in [-0.3, -0.25) is 4.79 Å². The van der Waals surface area contributed by atoms with Crippen molar-refractivity contribution >= 4 is 16.7 Å². The number of hydrogen-bond donors (Lipinski definition) is 0. The molecule has 2 heteroatoms. The van der Waals surface area contributed by atoms with Crippen LogP contribution in [-0.4, -0.2) is 10.8 Å². The quantitative estimate of drug-likeness (QED) is 0.397. The highest BCUT2D eigenvalue weighted by Crippen LogP contribution is 2.17. The fourth-order valence-corrected chi connectivity index (χ4v) is 1.54. The number of aryl methyl sites for hydroxylation is 1. The molecule has 0 spiro atoms. The number of carbonyl (C=O) groups is 1. The van der Waals surface area contributed by atoms with Gasteiger partial charge in [0.15, 0.2) is 0 Å². The Balaban J connectivity index is 2.74. The van der Waals surface area contributed by atoms with Crippen LogP contribution in [0.5, 0.6) is 0 Å². The van der Waals surface area contributed by atoms with Crippen molar-refractivity contribution in [2.75, 3.05) is 0 Å². The molecule has 2 aromatic rings. The highest BCUT2D eigenvalue weighted by molar-refractivity contribution is 6.08. The lowest BCUT2D eigenvalue weighted by atomic mass is 10.1. The first kappa shape index (κ1) is 9.42. The first-order chi connectivity index (χ1) is 7.22. The van der Waals surface area contributed by atoms with Crippen molar-refractivity contribution in [1.29, 1.82) is 0 Å². The Morgan fingerprint density at radius 2 is 2.13 bits per heavy atom. The van der Waals surface area contributed by atoms with E-state index >= 15 is 0 Å². The van der Waals surface area contributed by atoms with Crippen molar-refractivity contribution < 1.29 is 4.79 Å². The molecule has 15 heavy (non-hydrogen) atoms. The topological polar surface area (TPSA) is 30.0 Å². The number of para-hydroxylation sites is 1. The van der Waals surface area contributed by atoms with E-state index in [1.807, 2.05) is 31.2 Å². The standard InChI is InChI=1S/C13H9NO/c1-3-13(15)12-8-9(2)10-6-4-5-7-11(10)14-12/h1,4-8H,2H3. The second-order valence-electron chi connectivity index (χ2n) is 3.32. The SMILES string of the molecule is C#CC(=O)c1cc(C)c2ccccc2n1. The molecule has 0 radical (unpaired) electrons. The fraction of sp³-hybridized carbons (Fsp3) is 0.0769. The van der Waals surface area contributed by atoms with E-state index in [2.05, 4.69) is 10.9 Å². The fourth-order valence-electron chi connectivity index (χ4n) is 1.54. The van der Waals surface area contributed by atoms with Crippen LogP contribution < -0.4 is 0 Å². The number of ketones is 1. The van der Waals surface area contributed by atoms with Gasteiger partial charge in [-0.05, 0) is 30.5 Å². The predicted octanol–water partition coefficient (Wildman–Crippen LogP) is 2.36. The highest BCUT2D eigenvalue weighted by Gasteiger charge is 2.07. The molecule has 0 saturated carbocycles. The Hall–Kier alpha value is -2.14. The summed E-state index contributed by atoms with van der Waals surface area (Å²) in [7, 11) is 0. The summed E-state index contributed by atoms with van der Waals surface area (Å²) in [5, 5.41) is 1.05. The van der Waals surface area contributed by atoms with E-state index in [1.54, 1.807) is 6.07 Å². The van der Waals surface area contributed by atoms with Crippen LogP contribution in [0.1, 0.15) is 16.1 Å². The summed E-state index contributed by atoms with van der Waals surface area (Å²) in [6, 6.07) is 9.40. The number of Topliss-reactive ketones (excluding diaryl/α,β-unsaturated/α-hetero) is 1. The number of terminal acetylenes is 1. The molecule has 2 nitrogen and oxygen atoms in total. The Morgan fingerprint density at radius 3 is 2.87 bits per heavy atom. The van der Waals surface area contributed by atoms with Crippen LogP contribution in [0.3, 0.4) is 0 Å². The molecule has 2 rings (SSSR count). The molecule has 0 bridgehead atoms. The van der Waals surface area contributed by atoms with E-state index in [1.165, 1.54) is 0 Å². The van der Waals surface area contributed by atoms with Gasteiger partial charge >= 0.3 is 0 Å². The summed E-state index contributed by atoms with van der Waals surface area (Å²) in [4.78, 5) is 15.5. The van der Waals surface area contributed by atoms with Crippen LogP contribution in [0, 0.1) is 19.3 Å². The minimum atomic E-state index is -0.371. The second-order valence-corrected chi connectivity index (χ2v) is 3.32. The highest BCUT2D eigenvalue weighted by atomic mass is 16.1. The third kappa shape index (κ3) is 1.60. The molecule has 0 atom stereocenters. The van der Waals surface area contributed by atoms with Crippen molar-refractivity contribution in [3.05, 3.63) is 41.6 Å². The van der Waals surface area contributed by atoms with Crippen LogP contribution in [0.15, 0.2) is 30.3 Å². The summed E-state index contributed by atoms with van der Waals surface area (Å²) < 4.78 is 0. The lowest BCUT2D eigenvalue weighted by Crippen LogP contribution is -1.99. The molecule has 0 aliphatic carbocycles. The zero-order valence-corrected chi connectivity index (χ0v) is 8.32. The molecule has 1 heterocycles. The summed E-state index contributed by atoms with van der Waals surface area (Å²) in [5.41, 5.74) is 2.16. The van der Waals surface area contributed by atoms with Crippen LogP contribution in [0.4, 0.5) is 0 Å². The number of pyridine rings is 1. The van der Waals surface area contributed by atoms with Gasteiger partial charge in [-0.25, -0.2) is 4.98 Å². The third-order valence-electron chi connectivity index (χ3n) is 2.29. The molecular formula is C13H9NO. The Morgan fingerprint density at radius 1 is 1.40 bits per heavy atom. The number of aromatic nitrogens is 1. The zero-order valence-electron chi connectivity index (χ0n) is 8.32. The van der Waals surface area contributed by atoms with Crippen LogP contribution in [0.25, 0.3) is 10.9 Å². The molecule has 0 aliphatic heterocycles. The molecule has 72 valence electrons. The van der Waals surface area contributed by atoms with Gasteiger partial charge in [-0.2, -0.15) is 0 Å². The number of nitrogens with zero attached hydrogens (tertiary/aromatic N) is 1. The maximum Gasteiger partial charge on any atom is 0.254 e. The number of fused-ring (bicyclic) bond motifs is 1. The average Bonchev–Trinajstić information content (AvgIpc) is 2.28. The molecule has 1 aromatic carbocycles. The minimum Gasteiger partial charge on any atom is -0.277 e. The van der Waals surface area contributed by atoms with Gasteiger partial charge in [0.2, 0.25) is 0 Å². The van der Waals surface area contributed by atoms with Gasteiger partial charge in [-0.1, -0.05) is 18.2 Å². The predicted molar refractivity (Wildman–Crippen MR) is 59.6 cm³/mol. The second kappa shape index (κ2) is 3.55. The van der Waals surface area contributed by atoms with Gasteiger partial charge in [0.25, 0.3) is 5.78 Å². The van der Waals surface area contributed by atoms with Gasteiger partial charge in [-0.15, -0.1) is 6.42 Å². The molecule has 0 unspecified atom stereocenters. The van der Waals surface area contributed by atoms with Crippen LogP contribution in [0.2, 0.25) is 0 Å². The zero-order chi connectivity index (χ0) is 10.8. The summed E-state index contributed by atoms with van der Waals surface area (Å²) >= 11 is 0. The smallest absolute Gasteiger partial charge is 0.254 e. The van der Waals surface area contributed by atoms with Crippen LogP contribution >= 0.6 is 0 Å². The number of carbonyl (C=O) groups excluding carboxylic acids is 1. The van der Waals surface area contributed by atoms with E-state index < -0.39 is 0 Å². The molecule has 0 amide bonds. The molecule has 1 aromatic heterocycles. The minimum absolute atomic E-state index is 0.341. The van der Waals surface area contributed by atoms with Gasteiger partial charge in [0, 0.05) is 5.39 Å². The average molecular weight is 195 g/mol. The summed E-state index contributed by atoms with van der Waals surface area (Å²) in [6.45, 7) is 1.94. The molecule has 0 saturated heterocycles. The first-order valence-corrected chi connectivity index (χ1v) is 4.59. The number of benzene rings is 1. The van der Waals surface area contributed by atoms with E-state index in [0.717, 1.165) is 16.5 Å². The lowest BCUT2D eigenvalue weighted by molar-refractivity contribution is 0.105. The Bertz CT molecular complexity index is 579. The molecular weight excluding hydrogens is 186 g/mol. The Labute approximate surface area is 88.0 Å². The molecule has 0 fully saturated rings. The maximum atomic E-state index is 11.3. The normalized spacial score (nSPS) is 9.87. The lowest BCUT2D eigenvalue weighted by Gasteiger charge is -2.02. The number of rotatable bonds is 1. The van der Waals surface area contributed by atoms with Crippen molar-refractivity contribution in [3.63, 3.8) is 0 Å². The van der Waals surface area contributed by atoms with E-state index in [-0.39, 0.29) is 5.78 Å². The van der Waals surface area contributed by atoms with E-state index in [9.17, 15) is 4.79 Å². The molecule has 0 aliphatic rings. The summed E-state index contributed by atoms with van der Waals surface area (Å²) in [6.07, 6.45) is 5.06. The van der Waals surface area contributed by atoms with Gasteiger partial charge < -0.3 is 0 Å². The van der Waals surface area contributed by atoms with E-state index in [4.69, 9.17) is 6.42 Å². The van der Waals surface area contributed by atoms with Crippen molar-refractivity contribution in [3.8, 4) is 12.3 Å². The van der Waals surface area contributed by atoms with Gasteiger partial charge in [0.1, 0.15) is 5.69 Å². The monoisotopic (exact) mass is 195 g/mol. The van der Waals surface area contributed by atoms with Gasteiger partial charge in [0.05, 0.1) is 5.52 Å². The number of hydrogen-bond acceptors (Lipinski definition) is 2. The largest absolute Gasteiger partial charge is 0.277 e. The van der Waals surface area contributed by atoms with Crippen molar-refractivity contribution in [2.24, 2.45) is 0 Å².